The summed E-state index contributed by atoms with van der Waals surface area (Å²) in [5.74, 6) is -5.30. The highest BCUT2D eigenvalue weighted by molar-refractivity contribution is 5.71. The van der Waals surface area contributed by atoms with Gasteiger partial charge in [0.05, 0.1) is 0 Å². The molecule has 1 heterocycles. The van der Waals surface area contributed by atoms with Crippen molar-refractivity contribution in [2.75, 3.05) is 0 Å². The van der Waals surface area contributed by atoms with E-state index in [0.717, 1.165) is 17.1 Å². The van der Waals surface area contributed by atoms with E-state index in [4.69, 9.17) is 9.84 Å². The lowest BCUT2D eigenvalue weighted by atomic mass is 10.2. The van der Waals surface area contributed by atoms with Crippen LogP contribution in [0.25, 0.3) is 0 Å². The van der Waals surface area contributed by atoms with Crippen LogP contribution >= 0.6 is 0 Å². The molecule has 0 saturated heterocycles. The number of aliphatic carboxylic acids is 1. The fraction of sp³-hybridized carbons (Fsp3) is 0.545. The summed E-state index contributed by atoms with van der Waals surface area (Å²) in [6.07, 6.45) is -0.633. The van der Waals surface area contributed by atoms with Crippen LogP contribution in [0.1, 0.15) is 32.9 Å². The first-order valence-electron chi connectivity index (χ1n) is 5.39. The number of nitrogens with zero attached hydrogens (tertiary/aromatic N) is 2. The van der Waals surface area contributed by atoms with Gasteiger partial charge in [0, 0.05) is 6.20 Å². The van der Waals surface area contributed by atoms with E-state index < -0.39 is 35.7 Å². The molecule has 0 radical (unpaired) electrons. The highest BCUT2D eigenvalue weighted by atomic mass is 19.3. The van der Waals surface area contributed by atoms with E-state index >= 15 is 0 Å². The van der Waals surface area contributed by atoms with Gasteiger partial charge < -0.3 is 9.84 Å². The molecule has 0 spiro atoms. The molecular weight excluding hydrogens is 262 g/mol. The molecule has 0 aromatic carbocycles. The van der Waals surface area contributed by atoms with Crippen molar-refractivity contribution in [1.82, 2.24) is 9.55 Å². The van der Waals surface area contributed by atoms with Gasteiger partial charge in [-0.15, -0.1) is 0 Å². The highest BCUT2D eigenvalue weighted by Crippen LogP contribution is 2.30. The summed E-state index contributed by atoms with van der Waals surface area (Å²) in [6, 6.07) is 0. The number of hydrogen-bond donors (Lipinski definition) is 1. The second-order valence-corrected chi connectivity index (χ2v) is 4.92. The quantitative estimate of drug-likeness (QED) is 0.915. The Morgan fingerprint density at radius 3 is 2.47 bits per heavy atom. The van der Waals surface area contributed by atoms with Gasteiger partial charge >= 0.3 is 18.0 Å². The van der Waals surface area contributed by atoms with Gasteiger partial charge in [-0.1, -0.05) is 0 Å². The second-order valence-electron chi connectivity index (χ2n) is 4.92. The molecule has 0 atom stereocenters. The van der Waals surface area contributed by atoms with E-state index in [-0.39, 0.29) is 0 Å². The van der Waals surface area contributed by atoms with Crippen molar-refractivity contribution in [3.05, 3.63) is 18.2 Å². The number of carbonyl (C=O) groups is 2. The van der Waals surface area contributed by atoms with E-state index in [1.54, 1.807) is 20.8 Å². The van der Waals surface area contributed by atoms with Crippen LogP contribution in [0.4, 0.5) is 13.6 Å². The third-order valence-electron chi connectivity index (χ3n) is 1.93. The fourth-order valence-electron chi connectivity index (χ4n) is 1.21. The first-order chi connectivity index (χ1) is 8.51. The number of alkyl halides is 2. The molecule has 1 rings (SSSR count). The minimum atomic E-state index is -3.64. The Balaban J connectivity index is 2.88. The van der Waals surface area contributed by atoms with E-state index in [1.807, 2.05) is 0 Å². The minimum Gasteiger partial charge on any atom is -0.481 e. The SMILES string of the molecule is CC(C)(C)OC(=O)n1cnc(C(F)(F)CC(=O)O)c1. The molecule has 1 aromatic heterocycles. The molecule has 6 nitrogen and oxygen atoms in total. The Morgan fingerprint density at radius 1 is 1.42 bits per heavy atom. The van der Waals surface area contributed by atoms with Gasteiger partial charge in [0.15, 0.2) is 0 Å². The van der Waals surface area contributed by atoms with Crippen molar-refractivity contribution in [2.24, 2.45) is 0 Å². The second kappa shape index (κ2) is 4.94. The Bertz CT molecular complexity index is 491. The maximum absolute atomic E-state index is 13.4. The van der Waals surface area contributed by atoms with Gasteiger partial charge in [0.1, 0.15) is 24.0 Å². The molecule has 19 heavy (non-hydrogen) atoms. The summed E-state index contributed by atoms with van der Waals surface area (Å²) in [5.41, 5.74) is -1.56. The van der Waals surface area contributed by atoms with Crippen LogP contribution in [-0.4, -0.2) is 32.3 Å². The molecule has 1 aromatic rings. The molecule has 0 aliphatic carbocycles. The summed E-state index contributed by atoms with van der Waals surface area (Å²) in [4.78, 5) is 25.2. The predicted molar refractivity (Wildman–Crippen MR) is 60.0 cm³/mol. The molecule has 0 fully saturated rings. The summed E-state index contributed by atoms with van der Waals surface area (Å²) in [5, 5.41) is 8.37. The first-order valence-corrected chi connectivity index (χ1v) is 5.39. The van der Waals surface area contributed by atoms with Gasteiger partial charge in [-0.25, -0.2) is 14.3 Å². The fourth-order valence-corrected chi connectivity index (χ4v) is 1.21. The maximum atomic E-state index is 13.4. The molecule has 1 N–H and O–H groups in total. The molecule has 0 aliphatic rings. The van der Waals surface area contributed by atoms with Crippen molar-refractivity contribution in [2.45, 2.75) is 38.7 Å². The third-order valence-corrected chi connectivity index (χ3v) is 1.93. The molecule has 0 bridgehead atoms. The van der Waals surface area contributed by atoms with Crippen molar-refractivity contribution < 1.29 is 28.2 Å². The van der Waals surface area contributed by atoms with E-state index in [1.165, 1.54) is 0 Å². The van der Waals surface area contributed by atoms with Crippen LogP contribution in [0.15, 0.2) is 12.5 Å². The van der Waals surface area contributed by atoms with Gasteiger partial charge in [0.2, 0.25) is 0 Å². The Labute approximate surface area is 108 Å². The molecular formula is C11H14F2N2O4. The summed E-state index contributed by atoms with van der Waals surface area (Å²) in [7, 11) is 0. The number of aromatic nitrogens is 2. The standard InChI is InChI=1S/C11H14F2N2O4/c1-10(2,3)19-9(18)15-5-7(14-6-15)11(12,13)4-8(16)17/h5-6H,4H2,1-3H3,(H,16,17). The molecule has 8 heteroatoms. The summed E-state index contributed by atoms with van der Waals surface area (Å²) < 4.78 is 32.5. The smallest absolute Gasteiger partial charge is 0.419 e. The van der Waals surface area contributed by atoms with Crippen molar-refractivity contribution in [3.8, 4) is 0 Å². The number of rotatable bonds is 3. The predicted octanol–water partition coefficient (Wildman–Crippen LogP) is 2.23. The van der Waals surface area contributed by atoms with E-state index in [0.29, 0.717) is 0 Å². The minimum absolute atomic E-state index is 0.746. The topological polar surface area (TPSA) is 81.4 Å². The zero-order valence-corrected chi connectivity index (χ0v) is 10.7. The van der Waals surface area contributed by atoms with Crippen molar-refractivity contribution in [1.29, 1.82) is 0 Å². The van der Waals surface area contributed by atoms with Gasteiger partial charge in [-0.2, -0.15) is 8.78 Å². The van der Waals surface area contributed by atoms with Gasteiger partial charge in [0.25, 0.3) is 0 Å². The average molecular weight is 276 g/mol. The first kappa shape index (κ1) is 15.1. The zero-order valence-electron chi connectivity index (χ0n) is 10.7. The normalized spacial score (nSPS) is 12.3. The lowest BCUT2D eigenvalue weighted by Crippen LogP contribution is -2.26. The lowest BCUT2D eigenvalue weighted by Gasteiger charge is -2.19. The monoisotopic (exact) mass is 276 g/mol. The highest BCUT2D eigenvalue weighted by Gasteiger charge is 2.37. The number of carbonyl (C=O) groups excluding carboxylic acids is 1. The third kappa shape index (κ3) is 4.31. The largest absolute Gasteiger partial charge is 0.481 e. The number of hydrogen-bond acceptors (Lipinski definition) is 4. The van der Waals surface area contributed by atoms with Crippen LogP contribution in [0.3, 0.4) is 0 Å². The summed E-state index contributed by atoms with van der Waals surface area (Å²) >= 11 is 0. The van der Waals surface area contributed by atoms with Crippen LogP contribution in [-0.2, 0) is 15.5 Å². The number of imidazole rings is 1. The lowest BCUT2D eigenvalue weighted by molar-refractivity contribution is -0.145. The van der Waals surface area contributed by atoms with Crippen LogP contribution in [0, 0.1) is 0 Å². The zero-order chi connectivity index (χ0) is 14.8. The molecule has 0 amide bonds. The van der Waals surface area contributed by atoms with E-state index in [9.17, 15) is 18.4 Å². The Hall–Kier alpha value is -1.99. The van der Waals surface area contributed by atoms with Crippen molar-refractivity contribution >= 4 is 12.1 Å². The molecule has 0 aliphatic heterocycles. The number of ether oxygens (including phenoxy) is 1. The van der Waals surface area contributed by atoms with Gasteiger partial charge in [-0.3, -0.25) is 4.79 Å². The van der Waals surface area contributed by atoms with Gasteiger partial charge in [-0.05, 0) is 20.8 Å². The Morgan fingerprint density at radius 2 is 2.00 bits per heavy atom. The number of halogens is 2. The van der Waals surface area contributed by atoms with Crippen LogP contribution < -0.4 is 0 Å². The molecule has 0 unspecified atom stereocenters. The van der Waals surface area contributed by atoms with Crippen LogP contribution in [0.5, 0.6) is 0 Å². The number of carboxylic acids is 1. The summed E-state index contributed by atoms with van der Waals surface area (Å²) in [6.45, 7) is 4.88. The average Bonchev–Trinajstić information content (AvgIpc) is 2.61. The Kier molecular flexibility index (Phi) is 3.92. The van der Waals surface area contributed by atoms with E-state index in [2.05, 4.69) is 4.98 Å². The molecule has 106 valence electrons. The number of carboxylic acid groups (broad SMARTS) is 1. The molecule has 0 saturated carbocycles. The maximum Gasteiger partial charge on any atom is 0.419 e. The van der Waals surface area contributed by atoms with Crippen molar-refractivity contribution in [3.63, 3.8) is 0 Å². The van der Waals surface area contributed by atoms with Crippen LogP contribution in [0.2, 0.25) is 0 Å².